The summed E-state index contributed by atoms with van der Waals surface area (Å²) in [5.74, 6) is 0.813. The molecule has 0 saturated heterocycles. The van der Waals surface area contributed by atoms with E-state index < -0.39 is 0 Å². The van der Waals surface area contributed by atoms with Crippen molar-refractivity contribution in [2.75, 3.05) is 0 Å². The van der Waals surface area contributed by atoms with Crippen LogP contribution < -0.4 is 0 Å². The van der Waals surface area contributed by atoms with Gasteiger partial charge in [0.25, 0.3) is 0 Å². The number of furan rings is 1. The fraction of sp³-hybridized carbons (Fsp3) is 0.0851. The van der Waals surface area contributed by atoms with Crippen molar-refractivity contribution in [2.24, 2.45) is 0 Å². The van der Waals surface area contributed by atoms with E-state index in [0.717, 1.165) is 66.5 Å². The molecule has 3 heterocycles. The molecule has 0 atom stereocenters. The van der Waals surface area contributed by atoms with Crippen molar-refractivity contribution in [1.29, 1.82) is 5.26 Å². The first-order valence-corrected chi connectivity index (χ1v) is 17.6. The van der Waals surface area contributed by atoms with Crippen LogP contribution in [0.1, 0.15) is 31.9 Å². The van der Waals surface area contributed by atoms with Crippen molar-refractivity contribution in [3.05, 3.63) is 157 Å². The first-order chi connectivity index (χ1) is 25.8. The summed E-state index contributed by atoms with van der Waals surface area (Å²) >= 11 is 0. The predicted octanol–water partition coefficient (Wildman–Crippen LogP) is 11.9. The number of aromatic hydroxyl groups is 1. The minimum absolute atomic E-state index is 0.130. The van der Waals surface area contributed by atoms with Gasteiger partial charge in [0.1, 0.15) is 22.7 Å². The molecule has 0 aliphatic rings. The molecule has 0 aliphatic carbocycles. The number of rotatable bonds is 5. The molecule has 3 aromatic heterocycles. The summed E-state index contributed by atoms with van der Waals surface area (Å²) in [4.78, 5) is 10.3. The van der Waals surface area contributed by atoms with Crippen LogP contribution in [0.4, 0.5) is 0 Å². The number of para-hydroxylation sites is 3. The zero-order chi connectivity index (χ0) is 36.3. The molecule has 0 spiro atoms. The van der Waals surface area contributed by atoms with Crippen LogP contribution in [0.2, 0.25) is 0 Å². The van der Waals surface area contributed by atoms with Crippen molar-refractivity contribution < 1.29 is 9.52 Å². The summed E-state index contributed by atoms with van der Waals surface area (Å²) in [6, 6.07) is 48.5. The molecule has 0 fully saturated rings. The number of pyridine rings is 1. The lowest BCUT2D eigenvalue weighted by atomic mass is 9.86. The second-order valence-electron chi connectivity index (χ2n) is 14.4. The van der Waals surface area contributed by atoms with Crippen LogP contribution in [0.5, 0.6) is 5.75 Å². The fourth-order valence-electron chi connectivity index (χ4n) is 7.25. The van der Waals surface area contributed by atoms with Crippen molar-refractivity contribution in [1.82, 2.24) is 14.5 Å². The lowest BCUT2D eigenvalue weighted by Gasteiger charge is -2.20. The zero-order valence-corrected chi connectivity index (χ0v) is 29.5. The highest BCUT2D eigenvalue weighted by Crippen LogP contribution is 2.43. The van der Waals surface area contributed by atoms with Gasteiger partial charge in [-0.3, -0.25) is 9.55 Å². The Labute approximate surface area is 306 Å². The van der Waals surface area contributed by atoms with E-state index in [-0.39, 0.29) is 11.2 Å². The lowest BCUT2D eigenvalue weighted by Crippen LogP contribution is -2.11. The first kappa shape index (κ1) is 32.0. The van der Waals surface area contributed by atoms with E-state index in [1.54, 1.807) is 12.3 Å². The summed E-state index contributed by atoms with van der Waals surface area (Å²) in [6.45, 7) is 6.50. The molecule has 0 radical (unpaired) electrons. The van der Waals surface area contributed by atoms with Gasteiger partial charge in [-0.1, -0.05) is 106 Å². The molecule has 0 amide bonds. The monoisotopic (exact) mass is 686 g/mol. The summed E-state index contributed by atoms with van der Waals surface area (Å²) in [5.41, 5.74) is 11.2. The average Bonchev–Trinajstić information content (AvgIpc) is 3.77. The standard InChI is InChI=1S/C47H34N4O2/c1-47(2,3)32-21-22-42(52)38(26-32)46-50-44-34(18-12-19-41(44)51(46)33-15-8-5-9-16-33)30-23-36-35-17-10-11-20-43(35)53-45(36)37(24-30)40-25-31(27-48)39(28-49-40)29-13-6-4-7-14-29/h4-26,28,52H,1-3H3. The number of nitrogens with zero attached hydrogens (tertiary/aromatic N) is 4. The maximum absolute atomic E-state index is 11.3. The third-order valence-corrected chi connectivity index (χ3v) is 9.98. The van der Waals surface area contributed by atoms with Gasteiger partial charge in [0.2, 0.25) is 0 Å². The minimum atomic E-state index is -0.130. The molecule has 9 rings (SSSR count). The molecule has 6 aromatic carbocycles. The SMILES string of the molecule is CC(C)(C)c1ccc(O)c(-c2nc3c(-c4cc(-c5cc(C#N)c(-c6ccccc6)cn5)c5oc6ccccc6c5c4)cccc3n2-c2ccccc2)c1. The molecule has 53 heavy (non-hydrogen) atoms. The number of imidazole rings is 1. The number of benzene rings is 6. The zero-order valence-electron chi connectivity index (χ0n) is 29.5. The number of hydrogen-bond donors (Lipinski definition) is 1. The van der Waals surface area contributed by atoms with Crippen LogP contribution in [-0.2, 0) is 5.41 Å². The number of nitriles is 1. The van der Waals surface area contributed by atoms with Gasteiger partial charge in [-0.15, -0.1) is 0 Å². The number of aromatic nitrogens is 3. The van der Waals surface area contributed by atoms with Crippen LogP contribution in [0.3, 0.4) is 0 Å². The minimum Gasteiger partial charge on any atom is -0.507 e. The Morgan fingerprint density at radius 3 is 2.21 bits per heavy atom. The summed E-state index contributed by atoms with van der Waals surface area (Å²) in [6.07, 6.45) is 1.77. The molecule has 6 heteroatoms. The highest BCUT2D eigenvalue weighted by Gasteiger charge is 2.24. The van der Waals surface area contributed by atoms with E-state index in [2.05, 4.69) is 79.9 Å². The van der Waals surface area contributed by atoms with Crippen molar-refractivity contribution in [2.45, 2.75) is 26.2 Å². The molecule has 0 unspecified atom stereocenters. The van der Waals surface area contributed by atoms with Gasteiger partial charge in [0.05, 0.1) is 33.9 Å². The molecule has 6 nitrogen and oxygen atoms in total. The Morgan fingerprint density at radius 1 is 0.679 bits per heavy atom. The number of phenolic OH excluding ortho intramolecular Hbond substituents is 1. The van der Waals surface area contributed by atoms with Gasteiger partial charge >= 0.3 is 0 Å². The Kier molecular flexibility index (Phi) is 7.46. The van der Waals surface area contributed by atoms with Crippen molar-refractivity contribution in [3.63, 3.8) is 0 Å². The normalized spacial score (nSPS) is 11.7. The van der Waals surface area contributed by atoms with E-state index in [4.69, 9.17) is 14.4 Å². The Hall–Kier alpha value is -6.97. The van der Waals surface area contributed by atoms with Crippen LogP contribution in [0.25, 0.3) is 83.6 Å². The Morgan fingerprint density at radius 2 is 1.43 bits per heavy atom. The summed E-state index contributed by atoms with van der Waals surface area (Å²) in [5, 5.41) is 23.6. The smallest absolute Gasteiger partial charge is 0.149 e. The Bertz CT molecular complexity index is 2890. The highest BCUT2D eigenvalue weighted by atomic mass is 16.3. The van der Waals surface area contributed by atoms with Crippen LogP contribution >= 0.6 is 0 Å². The predicted molar refractivity (Wildman–Crippen MR) is 213 cm³/mol. The largest absolute Gasteiger partial charge is 0.507 e. The fourth-order valence-corrected chi connectivity index (χ4v) is 7.25. The molecule has 254 valence electrons. The first-order valence-electron chi connectivity index (χ1n) is 17.6. The second kappa shape index (κ2) is 12.4. The van der Waals surface area contributed by atoms with E-state index in [9.17, 15) is 10.4 Å². The lowest BCUT2D eigenvalue weighted by molar-refractivity contribution is 0.475. The van der Waals surface area contributed by atoms with E-state index in [0.29, 0.717) is 28.2 Å². The van der Waals surface area contributed by atoms with Gasteiger partial charge in [0, 0.05) is 39.3 Å². The molecular formula is C47H34N4O2. The van der Waals surface area contributed by atoms with Crippen molar-refractivity contribution >= 4 is 33.0 Å². The topological polar surface area (TPSA) is 87.9 Å². The third-order valence-electron chi connectivity index (χ3n) is 9.98. The van der Waals surface area contributed by atoms with Gasteiger partial charge in [-0.25, -0.2) is 4.98 Å². The third kappa shape index (κ3) is 5.42. The van der Waals surface area contributed by atoms with Crippen molar-refractivity contribution in [3.8, 4) is 62.4 Å². The van der Waals surface area contributed by atoms with Crippen LogP contribution in [0, 0.1) is 11.3 Å². The summed E-state index contributed by atoms with van der Waals surface area (Å²) < 4.78 is 8.65. The van der Waals surface area contributed by atoms with Gasteiger partial charge in [-0.2, -0.15) is 5.26 Å². The van der Waals surface area contributed by atoms with E-state index in [1.807, 2.05) is 84.9 Å². The molecule has 1 N–H and O–H groups in total. The Balaban J connectivity index is 1.32. The maximum Gasteiger partial charge on any atom is 0.149 e. The van der Waals surface area contributed by atoms with E-state index in [1.165, 1.54) is 0 Å². The summed E-state index contributed by atoms with van der Waals surface area (Å²) in [7, 11) is 0. The number of hydrogen-bond acceptors (Lipinski definition) is 5. The maximum atomic E-state index is 11.3. The quantitative estimate of drug-likeness (QED) is 0.195. The second-order valence-corrected chi connectivity index (χ2v) is 14.4. The average molecular weight is 687 g/mol. The molecule has 0 saturated carbocycles. The molecular weight excluding hydrogens is 653 g/mol. The van der Waals surface area contributed by atoms with Gasteiger partial charge < -0.3 is 9.52 Å². The number of phenols is 1. The molecule has 0 bridgehead atoms. The number of fused-ring (bicyclic) bond motifs is 4. The van der Waals surface area contributed by atoms with Crippen LogP contribution in [0.15, 0.2) is 150 Å². The molecule has 9 aromatic rings. The van der Waals surface area contributed by atoms with E-state index >= 15 is 0 Å². The van der Waals surface area contributed by atoms with Gasteiger partial charge in [0.15, 0.2) is 0 Å². The molecule has 0 aliphatic heterocycles. The van der Waals surface area contributed by atoms with Crippen LogP contribution in [-0.4, -0.2) is 19.6 Å². The highest BCUT2D eigenvalue weighted by molar-refractivity contribution is 6.12. The van der Waals surface area contributed by atoms with Gasteiger partial charge in [-0.05, 0) is 76.7 Å².